The number of amides is 2. The van der Waals surface area contributed by atoms with E-state index in [2.05, 4.69) is 5.32 Å². The Morgan fingerprint density at radius 1 is 0.971 bits per heavy atom. The Bertz CT molecular complexity index is 1260. The lowest BCUT2D eigenvalue weighted by Crippen LogP contribution is -2.25. The summed E-state index contributed by atoms with van der Waals surface area (Å²) in [6, 6.07) is 20.2. The molecule has 1 aliphatic rings. The summed E-state index contributed by atoms with van der Waals surface area (Å²) in [5.41, 5.74) is 4.69. The van der Waals surface area contributed by atoms with Gasteiger partial charge in [0, 0.05) is 0 Å². The number of imide groups is 1. The van der Waals surface area contributed by atoms with Gasteiger partial charge in [-0.3, -0.25) is 14.9 Å². The number of thioether (sulfide) groups is 1. The van der Waals surface area contributed by atoms with Crippen molar-refractivity contribution in [3.05, 3.63) is 94.5 Å². The van der Waals surface area contributed by atoms with Crippen molar-refractivity contribution in [3.63, 3.8) is 0 Å². The van der Waals surface area contributed by atoms with Crippen LogP contribution in [0.1, 0.15) is 27.8 Å². The maximum absolute atomic E-state index is 11.9. The van der Waals surface area contributed by atoms with Gasteiger partial charge in [-0.1, -0.05) is 65.4 Å². The first-order valence-corrected chi connectivity index (χ1v) is 11.6. The van der Waals surface area contributed by atoms with Crippen LogP contribution in [0.2, 0.25) is 0 Å². The van der Waals surface area contributed by atoms with Crippen LogP contribution in [0.5, 0.6) is 11.5 Å². The van der Waals surface area contributed by atoms with Crippen molar-refractivity contribution in [3.8, 4) is 11.5 Å². The third kappa shape index (κ3) is 5.74. The summed E-state index contributed by atoms with van der Waals surface area (Å²) < 4.78 is 5.88. The highest BCUT2D eigenvalue weighted by molar-refractivity contribution is 8.15. The minimum Gasteiger partial charge on any atom is -0.478 e. The van der Waals surface area contributed by atoms with E-state index in [0.717, 1.165) is 34.0 Å². The number of carbonyl (C=O) groups excluding carboxylic acids is 2. The van der Waals surface area contributed by atoms with E-state index >= 15 is 0 Å². The molecule has 2 amide bonds. The minimum absolute atomic E-state index is 0.202. The van der Waals surface area contributed by atoms with Gasteiger partial charge < -0.3 is 9.84 Å². The number of carbonyl (C=O) groups is 3. The quantitative estimate of drug-likeness (QED) is 0.342. The van der Waals surface area contributed by atoms with Crippen LogP contribution in [0.15, 0.2) is 66.7 Å². The second-order valence-corrected chi connectivity index (χ2v) is 9.32. The molecular formula is C27H23NO5S. The van der Waals surface area contributed by atoms with E-state index in [0.29, 0.717) is 23.5 Å². The molecule has 4 rings (SSSR count). The fourth-order valence-corrected chi connectivity index (χ4v) is 4.66. The molecule has 7 heteroatoms. The van der Waals surface area contributed by atoms with Gasteiger partial charge in [0.05, 0.1) is 10.8 Å². The van der Waals surface area contributed by atoms with Gasteiger partial charge in [-0.15, -0.1) is 0 Å². The number of hydrogen-bond donors (Lipinski definition) is 2. The molecule has 0 spiro atoms. The number of carboxylic acid groups (broad SMARTS) is 1. The summed E-state index contributed by atoms with van der Waals surface area (Å²) in [5, 5.41) is 11.3. The first-order chi connectivity index (χ1) is 16.3. The molecule has 0 saturated carbocycles. The number of carboxylic acids is 1. The molecule has 0 aliphatic carbocycles. The average molecular weight is 474 g/mol. The lowest BCUT2D eigenvalue weighted by Gasteiger charge is -2.10. The summed E-state index contributed by atoms with van der Waals surface area (Å²) in [6.45, 7) is 3.96. The highest BCUT2D eigenvalue weighted by atomic mass is 32.2. The smallest absolute Gasteiger partial charge is 0.336 e. The predicted molar refractivity (Wildman–Crippen MR) is 133 cm³/mol. The molecule has 1 heterocycles. The van der Waals surface area contributed by atoms with E-state index < -0.39 is 11.2 Å². The van der Waals surface area contributed by atoms with Gasteiger partial charge in [-0.05, 0) is 67.3 Å². The number of ether oxygens (including phenoxy) is 1. The Hall–Kier alpha value is -3.84. The zero-order chi connectivity index (χ0) is 24.2. The van der Waals surface area contributed by atoms with Gasteiger partial charge >= 0.3 is 5.97 Å². The Morgan fingerprint density at radius 2 is 1.56 bits per heavy atom. The molecule has 1 aliphatic heterocycles. The predicted octanol–water partition coefficient (Wildman–Crippen LogP) is 5.62. The Morgan fingerprint density at radius 3 is 2.09 bits per heavy atom. The number of aliphatic carboxylic acids is 1. The third-order valence-corrected chi connectivity index (χ3v) is 6.28. The number of benzene rings is 3. The van der Waals surface area contributed by atoms with Crippen molar-refractivity contribution in [1.29, 1.82) is 0 Å². The van der Waals surface area contributed by atoms with Crippen molar-refractivity contribution in [2.24, 2.45) is 0 Å². The van der Waals surface area contributed by atoms with Crippen LogP contribution < -0.4 is 10.1 Å². The summed E-state index contributed by atoms with van der Waals surface area (Å²) in [7, 11) is 0. The van der Waals surface area contributed by atoms with Crippen LogP contribution in [-0.4, -0.2) is 27.5 Å². The van der Waals surface area contributed by atoms with E-state index in [4.69, 9.17) is 4.74 Å². The van der Waals surface area contributed by atoms with E-state index in [1.54, 1.807) is 42.5 Å². The standard InChI is InChI=1S/C27H23NO5S/c1-16-11-17(2)13-19(12-16)14-23(26(30)31)20-5-9-22(10-6-20)33-21-7-3-18(4-8-21)15-24-25(29)28-27(32)34-24/h3-14,24H,15H2,1-2H3,(H,30,31)(H,28,29,32). The van der Waals surface area contributed by atoms with Crippen LogP contribution in [0, 0.1) is 13.8 Å². The van der Waals surface area contributed by atoms with Crippen molar-refractivity contribution < 1.29 is 24.2 Å². The van der Waals surface area contributed by atoms with Crippen molar-refractivity contribution in [1.82, 2.24) is 5.32 Å². The second kappa shape index (κ2) is 9.97. The molecule has 34 heavy (non-hydrogen) atoms. The van der Waals surface area contributed by atoms with Crippen LogP contribution in [0.25, 0.3) is 11.6 Å². The maximum atomic E-state index is 11.9. The van der Waals surface area contributed by atoms with Gasteiger partial charge in [0.25, 0.3) is 5.24 Å². The summed E-state index contributed by atoms with van der Waals surface area (Å²) in [4.78, 5) is 34.9. The number of hydrogen-bond acceptors (Lipinski definition) is 5. The van der Waals surface area contributed by atoms with Crippen molar-refractivity contribution in [2.75, 3.05) is 0 Å². The van der Waals surface area contributed by atoms with Gasteiger partial charge in [0.2, 0.25) is 5.91 Å². The molecule has 1 saturated heterocycles. The first kappa shape index (κ1) is 23.3. The summed E-state index contributed by atoms with van der Waals surface area (Å²) >= 11 is 1.01. The summed E-state index contributed by atoms with van der Waals surface area (Å²) in [6.07, 6.45) is 2.13. The molecule has 1 fully saturated rings. The molecule has 1 atom stereocenters. The van der Waals surface area contributed by atoms with Gasteiger partial charge in [-0.2, -0.15) is 0 Å². The lowest BCUT2D eigenvalue weighted by atomic mass is 10.0. The average Bonchev–Trinajstić information content (AvgIpc) is 3.10. The lowest BCUT2D eigenvalue weighted by molar-refractivity contribution is -0.130. The zero-order valence-corrected chi connectivity index (χ0v) is 19.5. The molecule has 3 aromatic rings. The molecule has 0 bridgehead atoms. The fourth-order valence-electron chi connectivity index (χ4n) is 3.80. The molecule has 3 aromatic carbocycles. The highest BCUT2D eigenvalue weighted by Gasteiger charge is 2.31. The van der Waals surface area contributed by atoms with Gasteiger partial charge in [0.15, 0.2) is 0 Å². The van der Waals surface area contributed by atoms with E-state index in [1.165, 1.54) is 0 Å². The Labute approximate surface area is 201 Å². The van der Waals surface area contributed by atoms with Gasteiger partial charge in [-0.25, -0.2) is 4.79 Å². The normalized spacial score (nSPS) is 15.8. The molecule has 6 nitrogen and oxygen atoms in total. The van der Waals surface area contributed by atoms with E-state index in [-0.39, 0.29) is 16.7 Å². The second-order valence-electron chi connectivity index (χ2n) is 8.14. The number of rotatable bonds is 7. The van der Waals surface area contributed by atoms with Crippen molar-refractivity contribution in [2.45, 2.75) is 25.5 Å². The zero-order valence-electron chi connectivity index (χ0n) is 18.7. The van der Waals surface area contributed by atoms with E-state index in [1.807, 2.05) is 44.2 Å². The minimum atomic E-state index is -1.00. The first-order valence-electron chi connectivity index (χ1n) is 10.7. The molecule has 2 N–H and O–H groups in total. The van der Waals surface area contributed by atoms with Crippen LogP contribution in [-0.2, 0) is 16.0 Å². The van der Waals surface area contributed by atoms with Crippen LogP contribution in [0.3, 0.4) is 0 Å². The highest BCUT2D eigenvalue weighted by Crippen LogP contribution is 2.27. The molecule has 0 aromatic heterocycles. The SMILES string of the molecule is Cc1cc(C)cc(C=C(C(=O)O)c2ccc(Oc3ccc(CC4SC(=O)NC4=O)cc3)cc2)c1. The number of nitrogens with one attached hydrogen (secondary N) is 1. The topological polar surface area (TPSA) is 92.7 Å². The molecule has 1 unspecified atom stereocenters. The number of aryl methyl sites for hydroxylation is 2. The van der Waals surface area contributed by atoms with Gasteiger partial charge in [0.1, 0.15) is 11.5 Å². The fraction of sp³-hybridized carbons (Fsp3) is 0.148. The molecular weight excluding hydrogens is 450 g/mol. The Kier molecular flexibility index (Phi) is 6.84. The van der Waals surface area contributed by atoms with E-state index in [9.17, 15) is 19.5 Å². The monoisotopic (exact) mass is 473 g/mol. The Balaban J connectivity index is 1.45. The van der Waals surface area contributed by atoms with Crippen molar-refractivity contribution >= 4 is 40.5 Å². The maximum Gasteiger partial charge on any atom is 0.336 e. The molecule has 172 valence electrons. The largest absolute Gasteiger partial charge is 0.478 e. The summed E-state index contributed by atoms with van der Waals surface area (Å²) in [5.74, 6) is -0.0775. The third-order valence-electron chi connectivity index (χ3n) is 5.30. The van der Waals surface area contributed by atoms with Crippen LogP contribution >= 0.6 is 11.8 Å². The van der Waals surface area contributed by atoms with Crippen LogP contribution in [0.4, 0.5) is 4.79 Å². The molecule has 0 radical (unpaired) electrons.